The van der Waals surface area contributed by atoms with Gasteiger partial charge < -0.3 is 4.79 Å². The maximum Gasteiger partial charge on any atom is 0.126 e. The van der Waals surface area contributed by atoms with E-state index in [1.807, 2.05) is 17.8 Å². The van der Waals surface area contributed by atoms with Crippen LogP contribution >= 0.6 is 11.8 Å². The second-order valence-corrected chi connectivity index (χ2v) is 5.11. The lowest BCUT2D eigenvalue weighted by Crippen LogP contribution is -2.34. The maximum absolute atomic E-state index is 11.2. The zero-order chi connectivity index (χ0) is 9.73. The summed E-state index contributed by atoms with van der Waals surface area (Å²) in [6.07, 6.45) is 6.19. The predicted molar refractivity (Wildman–Crippen MR) is 59.0 cm³/mol. The second-order valence-electron chi connectivity index (χ2n) is 3.89. The van der Waals surface area contributed by atoms with E-state index in [0.29, 0.717) is 5.92 Å². The zero-order valence-corrected chi connectivity index (χ0v) is 9.11. The Balaban J connectivity index is 2.65. The van der Waals surface area contributed by atoms with E-state index in [4.69, 9.17) is 0 Å². The van der Waals surface area contributed by atoms with Crippen molar-refractivity contribution in [3.63, 3.8) is 0 Å². The van der Waals surface area contributed by atoms with Crippen molar-refractivity contribution in [2.24, 2.45) is 11.3 Å². The monoisotopic (exact) mass is 198 g/mol. The van der Waals surface area contributed by atoms with Crippen LogP contribution in [0.5, 0.6) is 0 Å². The summed E-state index contributed by atoms with van der Waals surface area (Å²) in [6, 6.07) is 0. The van der Waals surface area contributed by atoms with Gasteiger partial charge in [0, 0.05) is 5.41 Å². The standard InChI is InChI=1S/C11H18OS/c1-3-4-10(2)11(9-12)5-7-13-8-6-11/h3,9-10H,1,4-8H2,2H3. The van der Waals surface area contributed by atoms with Gasteiger partial charge in [0.1, 0.15) is 6.29 Å². The molecule has 1 unspecified atom stereocenters. The summed E-state index contributed by atoms with van der Waals surface area (Å²) >= 11 is 1.96. The lowest BCUT2D eigenvalue weighted by molar-refractivity contribution is -0.119. The Hall–Kier alpha value is -0.240. The van der Waals surface area contributed by atoms with E-state index >= 15 is 0 Å². The average Bonchev–Trinajstić information content (AvgIpc) is 2.19. The molecule has 0 amide bonds. The van der Waals surface area contributed by atoms with E-state index in [1.54, 1.807) is 0 Å². The van der Waals surface area contributed by atoms with Gasteiger partial charge in [-0.15, -0.1) is 6.58 Å². The molecule has 13 heavy (non-hydrogen) atoms. The number of allylic oxidation sites excluding steroid dienone is 1. The molecule has 1 fully saturated rings. The van der Waals surface area contributed by atoms with Gasteiger partial charge >= 0.3 is 0 Å². The fourth-order valence-electron chi connectivity index (χ4n) is 1.96. The summed E-state index contributed by atoms with van der Waals surface area (Å²) < 4.78 is 0. The van der Waals surface area contributed by atoms with Crippen molar-refractivity contribution < 1.29 is 4.79 Å². The lowest BCUT2D eigenvalue weighted by Gasteiger charge is -2.36. The Bertz CT molecular complexity index is 183. The van der Waals surface area contributed by atoms with Crippen molar-refractivity contribution in [1.82, 2.24) is 0 Å². The van der Waals surface area contributed by atoms with Crippen LogP contribution in [0, 0.1) is 11.3 Å². The smallest absolute Gasteiger partial charge is 0.126 e. The molecule has 74 valence electrons. The van der Waals surface area contributed by atoms with Crippen molar-refractivity contribution >= 4 is 18.0 Å². The summed E-state index contributed by atoms with van der Waals surface area (Å²) in [4.78, 5) is 11.2. The number of carbonyl (C=O) groups is 1. The van der Waals surface area contributed by atoms with Crippen molar-refractivity contribution in [2.75, 3.05) is 11.5 Å². The first kappa shape index (κ1) is 10.8. The molecule has 2 heteroatoms. The van der Waals surface area contributed by atoms with Crippen molar-refractivity contribution in [3.05, 3.63) is 12.7 Å². The topological polar surface area (TPSA) is 17.1 Å². The van der Waals surface area contributed by atoms with Crippen molar-refractivity contribution in [1.29, 1.82) is 0 Å². The molecule has 1 nitrogen and oxygen atoms in total. The Morgan fingerprint density at radius 3 is 2.62 bits per heavy atom. The van der Waals surface area contributed by atoms with Crippen LogP contribution in [0.15, 0.2) is 12.7 Å². The van der Waals surface area contributed by atoms with Crippen LogP contribution in [0.25, 0.3) is 0 Å². The predicted octanol–water partition coefficient (Wildman–Crippen LogP) is 2.91. The molecule has 0 bridgehead atoms. The first-order chi connectivity index (χ1) is 6.25. The number of hydrogen-bond donors (Lipinski definition) is 0. The minimum absolute atomic E-state index is 0.0422. The molecule has 0 aliphatic carbocycles. The second kappa shape index (κ2) is 4.85. The van der Waals surface area contributed by atoms with Gasteiger partial charge in [-0.3, -0.25) is 0 Å². The summed E-state index contributed by atoms with van der Waals surface area (Å²) in [5.74, 6) is 2.74. The molecule has 0 spiro atoms. The quantitative estimate of drug-likeness (QED) is 0.510. The highest BCUT2D eigenvalue weighted by Gasteiger charge is 2.36. The van der Waals surface area contributed by atoms with Gasteiger partial charge in [0.2, 0.25) is 0 Å². The largest absolute Gasteiger partial charge is 0.303 e. The fraction of sp³-hybridized carbons (Fsp3) is 0.727. The normalized spacial score (nSPS) is 23.5. The number of aldehydes is 1. The van der Waals surface area contributed by atoms with Crippen molar-refractivity contribution in [2.45, 2.75) is 26.2 Å². The van der Waals surface area contributed by atoms with Gasteiger partial charge in [-0.25, -0.2) is 0 Å². The number of thioether (sulfide) groups is 1. The molecule has 1 aliphatic rings. The zero-order valence-electron chi connectivity index (χ0n) is 8.29. The SMILES string of the molecule is C=CCC(C)C1(C=O)CCSCC1. The molecule has 1 rings (SSSR count). The number of carbonyl (C=O) groups excluding carboxylic acids is 1. The van der Waals surface area contributed by atoms with E-state index in [2.05, 4.69) is 13.5 Å². The third kappa shape index (κ3) is 2.37. The molecule has 0 aromatic carbocycles. The van der Waals surface area contributed by atoms with Gasteiger partial charge in [-0.1, -0.05) is 13.0 Å². The molecule has 0 radical (unpaired) electrons. The summed E-state index contributed by atoms with van der Waals surface area (Å²) in [5.41, 5.74) is -0.0422. The number of rotatable bonds is 4. The van der Waals surface area contributed by atoms with E-state index < -0.39 is 0 Å². The van der Waals surface area contributed by atoms with Crippen LogP contribution in [0.4, 0.5) is 0 Å². The molecule has 0 saturated carbocycles. The van der Waals surface area contributed by atoms with Gasteiger partial charge in [0.15, 0.2) is 0 Å². The molecule has 1 aliphatic heterocycles. The highest BCUT2D eigenvalue weighted by atomic mass is 32.2. The Kier molecular flexibility index (Phi) is 4.04. The fourth-order valence-corrected chi connectivity index (χ4v) is 3.22. The third-order valence-corrected chi connectivity index (χ3v) is 4.15. The van der Waals surface area contributed by atoms with Crippen LogP contribution in [0.3, 0.4) is 0 Å². The highest BCUT2D eigenvalue weighted by molar-refractivity contribution is 7.99. The molecular formula is C11H18OS. The molecule has 1 heterocycles. The van der Waals surface area contributed by atoms with Crippen LogP contribution in [-0.2, 0) is 4.79 Å². The average molecular weight is 198 g/mol. The molecule has 1 atom stereocenters. The van der Waals surface area contributed by atoms with Gasteiger partial charge in [0.05, 0.1) is 0 Å². The number of hydrogen-bond acceptors (Lipinski definition) is 2. The third-order valence-electron chi connectivity index (χ3n) is 3.16. The first-order valence-electron chi connectivity index (χ1n) is 4.90. The first-order valence-corrected chi connectivity index (χ1v) is 6.05. The summed E-state index contributed by atoms with van der Waals surface area (Å²) in [5, 5.41) is 0. The van der Waals surface area contributed by atoms with Gasteiger partial charge in [-0.05, 0) is 36.7 Å². The van der Waals surface area contributed by atoms with Crippen LogP contribution in [-0.4, -0.2) is 17.8 Å². The molecule has 0 aromatic heterocycles. The molecule has 1 saturated heterocycles. The van der Waals surface area contributed by atoms with Crippen LogP contribution < -0.4 is 0 Å². The van der Waals surface area contributed by atoms with Gasteiger partial charge in [-0.2, -0.15) is 11.8 Å². The van der Waals surface area contributed by atoms with Gasteiger partial charge in [0.25, 0.3) is 0 Å². The Labute approximate surface area is 85.0 Å². The van der Waals surface area contributed by atoms with Crippen molar-refractivity contribution in [3.8, 4) is 0 Å². The Morgan fingerprint density at radius 1 is 1.54 bits per heavy atom. The van der Waals surface area contributed by atoms with E-state index in [-0.39, 0.29) is 5.41 Å². The highest BCUT2D eigenvalue weighted by Crippen LogP contribution is 2.41. The van der Waals surface area contributed by atoms with Crippen LogP contribution in [0.2, 0.25) is 0 Å². The van der Waals surface area contributed by atoms with E-state index in [1.165, 1.54) is 6.29 Å². The summed E-state index contributed by atoms with van der Waals surface area (Å²) in [7, 11) is 0. The minimum atomic E-state index is -0.0422. The Morgan fingerprint density at radius 2 is 2.15 bits per heavy atom. The minimum Gasteiger partial charge on any atom is -0.303 e. The molecule has 0 N–H and O–H groups in total. The maximum atomic E-state index is 11.2. The lowest BCUT2D eigenvalue weighted by atomic mass is 9.71. The molecule has 0 aromatic rings. The molecular weight excluding hydrogens is 180 g/mol. The van der Waals surface area contributed by atoms with Crippen LogP contribution in [0.1, 0.15) is 26.2 Å². The summed E-state index contributed by atoms with van der Waals surface area (Å²) in [6.45, 7) is 5.91. The van der Waals surface area contributed by atoms with E-state index in [9.17, 15) is 4.79 Å². The van der Waals surface area contributed by atoms with E-state index in [0.717, 1.165) is 30.8 Å².